The van der Waals surface area contributed by atoms with Gasteiger partial charge >= 0.3 is 0 Å². The molecule has 0 unspecified atom stereocenters. The third-order valence-corrected chi connectivity index (χ3v) is 14.3. The zero-order valence-electron chi connectivity index (χ0n) is 12.7. The van der Waals surface area contributed by atoms with E-state index < -0.39 is 16.1 Å². The zero-order valence-corrected chi connectivity index (χ0v) is 14.7. The van der Waals surface area contributed by atoms with Crippen LogP contribution >= 0.6 is 0 Å². The monoisotopic (exact) mass is 277 g/mol. The second-order valence-electron chi connectivity index (χ2n) is 7.58. The van der Waals surface area contributed by atoms with Crippen LogP contribution in [0.15, 0.2) is 24.3 Å². The van der Waals surface area contributed by atoms with Crippen molar-refractivity contribution in [2.24, 2.45) is 0 Å². The summed E-state index contributed by atoms with van der Waals surface area (Å²) in [5.74, 6) is 0. The molecule has 0 saturated heterocycles. The van der Waals surface area contributed by atoms with E-state index in [1.807, 2.05) is 0 Å². The molecule has 0 aromatic heterocycles. The molecule has 1 aromatic rings. The van der Waals surface area contributed by atoms with Crippen LogP contribution in [0.1, 0.15) is 11.1 Å². The van der Waals surface area contributed by atoms with Crippen LogP contribution in [0.2, 0.25) is 39.3 Å². The molecule has 100 valence electrons. The molecule has 0 amide bonds. The minimum Gasteiger partial charge on any atom is -0.312 e. The Bertz CT molecular complexity index is 427. The van der Waals surface area contributed by atoms with Gasteiger partial charge in [-0.05, 0) is 24.1 Å². The lowest BCUT2D eigenvalue weighted by Gasteiger charge is -2.55. The van der Waals surface area contributed by atoms with E-state index in [2.05, 4.69) is 68.9 Å². The maximum Gasteiger partial charge on any atom is 0.0692 e. The van der Waals surface area contributed by atoms with Crippen LogP contribution < -0.4 is 5.32 Å². The predicted octanol–water partition coefficient (Wildman–Crippen LogP) is 3.78. The Balaban J connectivity index is 2.72. The van der Waals surface area contributed by atoms with Crippen LogP contribution in [-0.2, 0) is 11.2 Å². The molecule has 0 aliphatic carbocycles. The number of fused-ring (bicyclic) bond motifs is 1. The summed E-state index contributed by atoms with van der Waals surface area (Å²) in [5.41, 5.74) is 3.20. The van der Waals surface area contributed by atoms with E-state index in [4.69, 9.17) is 0 Å². The molecule has 1 nitrogen and oxygen atoms in total. The summed E-state index contributed by atoms with van der Waals surface area (Å²) in [4.78, 5) is 0.314. The smallest absolute Gasteiger partial charge is 0.0692 e. The van der Waals surface area contributed by atoms with Crippen LogP contribution in [0.4, 0.5) is 0 Å². The SMILES string of the molecule is C[Si](C)(C)C1([Si](C)(C)C)NCCc2ccccc21. The lowest BCUT2D eigenvalue weighted by Crippen LogP contribution is -2.73. The van der Waals surface area contributed by atoms with Gasteiger partial charge in [0.25, 0.3) is 0 Å². The Morgan fingerprint density at radius 1 is 0.944 bits per heavy atom. The topological polar surface area (TPSA) is 12.0 Å². The lowest BCUT2D eigenvalue weighted by molar-refractivity contribution is 0.535. The van der Waals surface area contributed by atoms with Gasteiger partial charge in [0.05, 0.1) is 16.1 Å². The molecule has 1 N–H and O–H groups in total. The van der Waals surface area contributed by atoms with Crippen molar-refractivity contribution >= 4 is 16.1 Å². The van der Waals surface area contributed by atoms with E-state index in [0.29, 0.717) is 4.79 Å². The van der Waals surface area contributed by atoms with Crippen molar-refractivity contribution in [3.63, 3.8) is 0 Å². The fourth-order valence-corrected chi connectivity index (χ4v) is 16.5. The molecule has 0 fully saturated rings. The van der Waals surface area contributed by atoms with Crippen molar-refractivity contribution < 1.29 is 0 Å². The summed E-state index contributed by atoms with van der Waals surface area (Å²) >= 11 is 0. The van der Waals surface area contributed by atoms with Crippen LogP contribution in [-0.4, -0.2) is 22.7 Å². The minimum absolute atomic E-state index is 0.314. The van der Waals surface area contributed by atoms with Crippen LogP contribution in [0.5, 0.6) is 0 Å². The Morgan fingerprint density at radius 2 is 1.50 bits per heavy atom. The van der Waals surface area contributed by atoms with Gasteiger partial charge in [-0.2, -0.15) is 0 Å². The van der Waals surface area contributed by atoms with Gasteiger partial charge in [-0.3, -0.25) is 0 Å². The summed E-state index contributed by atoms with van der Waals surface area (Å²) in [6.45, 7) is 16.3. The van der Waals surface area contributed by atoms with Gasteiger partial charge in [-0.1, -0.05) is 63.5 Å². The highest BCUT2D eigenvalue weighted by Gasteiger charge is 2.54. The van der Waals surface area contributed by atoms with E-state index in [1.54, 1.807) is 11.1 Å². The first-order valence-electron chi connectivity index (χ1n) is 7.03. The molecule has 1 aliphatic heterocycles. The third kappa shape index (κ3) is 1.93. The summed E-state index contributed by atoms with van der Waals surface area (Å²) in [6.07, 6.45) is 1.19. The van der Waals surface area contributed by atoms with Crippen LogP contribution in [0, 0.1) is 0 Å². The molecular weight excluding hydrogens is 250 g/mol. The normalized spacial score (nSPS) is 19.4. The Hall–Kier alpha value is -0.386. The second-order valence-corrected chi connectivity index (χ2v) is 18.6. The summed E-state index contributed by atoms with van der Waals surface area (Å²) in [6, 6.07) is 9.15. The predicted molar refractivity (Wildman–Crippen MR) is 86.5 cm³/mol. The van der Waals surface area contributed by atoms with Crippen molar-refractivity contribution in [1.29, 1.82) is 0 Å². The number of benzene rings is 1. The molecule has 0 spiro atoms. The maximum atomic E-state index is 3.99. The van der Waals surface area contributed by atoms with Crippen molar-refractivity contribution in [3.8, 4) is 0 Å². The fraction of sp³-hybridized carbons (Fsp3) is 0.600. The lowest BCUT2D eigenvalue weighted by atomic mass is 10.0. The Kier molecular flexibility index (Phi) is 3.37. The second kappa shape index (κ2) is 4.32. The van der Waals surface area contributed by atoms with E-state index >= 15 is 0 Å². The van der Waals surface area contributed by atoms with Crippen molar-refractivity contribution in [1.82, 2.24) is 5.32 Å². The van der Waals surface area contributed by atoms with Gasteiger partial charge in [-0.25, -0.2) is 0 Å². The van der Waals surface area contributed by atoms with Crippen molar-refractivity contribution in [2.75, 3.05) is 6.54 Å². The van der Waals surface area contributed by atoms with E-state index in [-0.39, 0.29) is 0 Å². The molecule has 1 heterocycles. The summed E-state index contributed by atoms with van der Waals surface area (Å²) < 4.78 is 0. The van der Waals surface area contributed by atoms with E-state index in [9.17, 15) is 0 Å². The highest BCUT2D eigenvalue weighted by atomic mass is 28.4. The molecule has 1 aliphatic rings. The van der Waals surface area contributed by atoms with E-state index in [1.165, 1.54) is 6.42 Å². The average Bonchev–Trinajstić information content (AvgIpc) is 2.25. The average molecular weight is 278 g/mol. The largest absolute Gasteiger partial charge is 0.312 e. The Morgan fingerprint density at radius 3 is 2.06 bits per heavy atom. The zero-order chi connectivity index (χ0) is 13.6. The maximum absolute atomic E-state index is 3.99. The van der Waals surface area contributed by atoms with Gasteiger partial charge in [-0.15, -0.1) is 0 Å². The quantitative estimate of drug-likeness (QED) is 0.811. The molecule has 3 heteroatoms. The molecule has 2 rings (SSSR count). The van der Waals surface area contributed by atoms with Gasteiger partial charge in [0, 0.05) is 4.79 Å². The number of hydrogen-bond acceptors (Lipinski definition) is 1. The van der Waals surface area contributed by atoms with Gasteiger partial charge in [0.1, 0.15) is 0 Å². The minimum atomic E-state index is -1.34. The summed E-state index contributed by atoms with van der Waals surface area (Å²) in [7, 11) is -2.69. The molecule has 18 heavy (non-hydrogen) atoms. The van der Waals surface area contributed by atoms with Gasteiger partial charge in [0.2, 0.25) is 0 Å². The van der Waals surface area contributed by atoms with Gasteiger partial charge in [0.15, 0.2) is 0 Å². The van der Waals surface area contributed by atoms with Crippen LogP contribution in [0.25, 0.3) is 0 Å². The number of nitrogens with one attached hydrogen (secondary N) is 1. The molecule has 0 saturated carbocycles. The summed E-state index contributed by atoms with van der Waals surface area (Å²) in [5, 5.41) is 3.99. The number of hydrogen-bond donors (Lipinski definition) is 1. The van der Waals surface area contributed by atoms with E-state index in [0.717, 1.165) is 6.54 Å². The first kappa shape index (κ1) is 14.0. The first-order valence-corrected chi connectivity index (χ1v) is 14.0. The van der Waals surface area contributed by atoms with Crippen LogP contribution in [0.3, 0.4) is 0 Å². The van der Waals surface area contributed by atoms with Gasteiger partial charge < -0.3 is 5.32 Å². The molecule has 0 bridgehead atoms. The standard InChI is InChI=1S/C15H27NSi2/c1-17(2,3)15(18(4,5)6)14-10-8-7-9-13(14)11-12-16-15/h7-10,16H,11-12H2,1-6H3. The third-order valence-electron chi connectivity index (χ3n) is 4.46. The Labute approximate surface area is 114 Å². The first-order chi connectivity index (χ1) is 8.20. The van der Waals surface area contributed by atoms with Crippen molar-refractivity contribution in [2.45, 2.75) is 50.5 Å². The number of rotatable bonds is 2. The van der Waals surface area contributed by atoms with Crippen molar-refractivity contribution in [3.05, 3.63) is 35.4 Å². The highest BCUT2D eigenvalue weighted by Crippen LogP contribution is 2.43. The molecule has 0 radical (unpaired) electrons. The molecular formula is C15H27NSi2. The molecule has 1 aromatic carbocycles. The highest BCUT2D eigenvalue weighted by molar-refractivity contribution is 6.98. The molecule has 0 atom stereocenters. The fourth-order valence-electron chi connectivity index (χ4n) is 4.05.